The van der Waals surface area contributed by atoms with E-state index in [1.807, 2.05) is 6.92 Å². The number of benzene rings is 1. The molecule has 1 aliphatic heterocycles. The van der Waals surface area contributed by atoms with E-state index in [0.717, 1.165) is 24.9 Å². The SMILES string of the molecule is CC(NC(=O)[C@@H]1CCCNC1)c1cccc(OC(F)F)c1. The molecule has 0 saturated carbocycles. The van der Waals surface area contributed by atoms with E-state index in [4.69, 9.17) is 0 Å². The molecule has 0 spiro atoms. The lowest BCUT2D eigenvalue weighted by atomic mass is 9.98. The maximum absolute atomic E-state index is 12.2. The minimum absolute atomic E-state index is 0.00474. The molecule has 1 fully saturated rings. The highest BCUT2D eigenvalue weighted by atomic mass is 19.3. The quantitative estimate of drug-likeness (QED) is 0.878. The average molecular weight is 298 g/mol. The maximum atomic E-state index is 12.2. The number of hydrogen-bond acceptors (Lipinski definition) is 3. The molecule has 1 unspecified atom stereocenters. The Balaban J connectivity index is 1.95. The largest absolute Gasteiger partial charge is 0.435 e. The van der Waals surface area contributed by atoms with Gasteiger partial charge >= 0.3 is 6.61 Å². The molecular formula is C15H20F2N2O2. The third kappa shape index (κ3) is 4.67. The van der Waals surface area contributed by atoms with Gasteiger partial charge in [-0.2, -0.15) is 8.78 Å². The molecule has 1 heterocycles. The Morgan fingerprint density at radius 3 is 2.95 bits per heavy atom. The lowest BCUT2D eigenvalue weighted by Crippen LogP contribution is -2.41. The highest BCUT2D eigenvalue weighted by Crippen LogP contribution is 2.21. The third-order valence-electron chi connectivity index (χ3n) is 3.61. The third-order valence-corrected chi connectivity index (χ3v) is 3.61. The summed E-state index contributed by atoms with van der Waals surface area (Å²) in [5.74, 6) is 0.0690. The van der Waals surface area contributed by atoms with E-state index in [1.54, 1.807) is 12.1 Å². The highest BCUT2D eigenvalue weighted by molar-refractivity contribution is 5.79. The van der Waals surface area contributed by atoms with E-state index in [0.29, 0.717) is 6.54 Å². The molecule has 116 valence electrons. The van der Waals surface area contributed by atoms with Crippen LogP contribution < -0.4 is 15.4 Å². The molecule has 0 bridgehead atoms. The molecule has 0 aromatic heterocycles. The van der Waals surface area contributed by atoms with Gasteiger partial charge in [-0.1, -0.05) is 12.1 Å². The number of piperidine rings is 1. The first-order chi connectivity index (χ1) is 10.1. The molecule has 0 aliphatic carbocycles. The first-order valence-electron chi connectivity index (χ1n) is 7.12. The summed E-state index contributed by atoms with van der Waals surface area (Å²) in [6, 6.07) is 6.16. The van der Waals surface area contributed by atoms with Crippen LogP contribution in [0.15, 0.2) is 24.3 Å². The van der Waals surface area contributed by atoms with E-state index in [2.05, 4.69) is 15.4 Å². The molecule has 4 nitrogen and oxygen atoms in total. The summed E-state index contributed by atoms with van der Waals surface area (Å²) in [6.07, 6.45) is 1.87. The van der Waals surface area contributed by atoms with Crippen LogP contribution in [-0.4, -0.2) is 25.6 Å². The molecule has 1 aliphatic rings. The van der Waals surface area contributed by atoms with Gasteiger partial charge in [-0.3, -0.25) is 4.79 Å². The fourth-order valence-corrected chi connectivity index (χ4v) is 2.45. The number of amides is 1. The highest BCUT2D eigenvalue weighted by Gasteiger charge is 2.22. The average Bonchev–Trinajstić information content (AvgIpc) is 2.47. The number of hydrogen-bond donors (Lipinski definition) is 2. The van der Waals surface area contributed by atoms with Crippen LogP contribution >= 0.6 is 0 Å². The van der Waals surface area contributed by atoms with Gasteiger partial charge in [0.1, 0.15) is 5.75 Å². The molecule has 1 aromatic carbocycles. The van der Waals surface area contributed by atoms with Crippen molar-refractivity contribution in [3.63, 3.8) is 0 Å². The van der Waals surface area contributed by atoms with Gasteiger partial charge in [-0.25, -0.2) is 0 Å². The van der Waals surface area contributed by atoms with Crippen molar-refractivity contribution in [3.8, 4) is 5.75 Å². The van der Waals surface area contributed by atoms with E-state index in [1.165, 1.54) is 12.1 Å². The van der Waals surface area contributed by atoms with E-state index >= 15 is 0 Å². The second-order valence-electron chi connectivity index (χ2n) is 5.22. The fraction of sp³-hybridized carbons (Fsp3) is 0.533. The standard InChI is InChI=1S/C15H20F2N2O2/c1-10(19-14(20)12-5-3-7-18-9-12)11-4-2-6-13(8-11)21-15(16)17/h2,4,6,8,10,12,15,18H,3,5,7,9H2,1H3,(H,19,20)/t10?,12-/m1/s1. The number of halogens is 2. The summed E-state index contributed by atoms with van der Waals surface area (Å²) in [5, 5.41) is 6.12. The summed E-state index contributed by atoms with van der Waals surface area (Å²) < 4.78 is 28.8. The van der Waals surface area contributed by atoms with E-state index in [-0.39, 0.29) is 23.6 Å². The molecule has 0 radical (unpaired) electrons. The summed E-state index contributed by atoms with van der Waals surface area (Å²) in [6.45, 7) is 0.619. The van der Waals surface area contributed by atoms with Crippen molar-refractivity contribution in [1.29, 1.82) is 0 Å². The van der Waals surface area contributed by atoms with Crippen molar-refractivity contribution in [3.05, 3.63) is 29.8 Å². The molecule has 1 saturated heterocycles. The molecule has 2 atom stereocenters. The Labute approximate surface area is 122 Å². The van der Waals surface area contributed by atoms with Crippen molar-refractivity contribution in [2.45, 2.75) is 32.4 Å². The minimum Gasteiger partial charge on any atom is -0.435 e. The van der Waals surface area contributed by atoms with Crippen molar-refractivity contribution >= 4 is 5.91 Å². The summed E-state index contributed by atoms with van der Waals surface area (Å²) in [5.41, 5.74) is 0.741. The summed E-state index contributed by atoms with van der Waals surface area (Å²) >= 11 is 0. The minimum atomic E-state index is -2.85. The number of rotatable bonds is 5. The van der Waals surface area contributed by atoms with Gasteiger partial charge in [-0.15, -0.1) is 0 Å². The Morgan fingerprint density at radius 2 is 2.29 bits per heavy atom. The fourth-order valence-electron chi connectivity index (χ4n) is 2.45. The summed E-state index contributed by atoms with van der Waals surface area (Å²) in [7, 11) is 0. The lowest BCUT2D eigenvalue weighted by Gasteiger charge is -2.24. The van der Waals surface area contributed by atoms with Crippen molar-refractivity contribution < 1.29 is 18.3 Å². The number of carbonyl (C=O) groups excluding carboxylic acids is 1. The Kier molecular flexibility index (Phi) is 5.50. The van der Waals surface area contributed by atoms with E-state index < -0.39 is 6.61 Å². The van der Waals surface area contributed by atoms with Gasteiger partial charge in [0.15, 0.2) is 0 Å². The van der Waals surface area contributed by atoms with Gasteiger partial charge in [0, 0.05) is 6.54 Å². The van der Waals surface area contributed by atoms with Crippen LogP contribution in [0.1, 0.15) is 31.4 Å². The monoisotopic (exact) mass is 298 g/mol. The van der Waals surface area contributed by atoms with Crippen molar-refractivity contribution in [2.24, 2.45) is 5.92 Å². The number of carbonyl (C=O) groups is 1. The second-order valence-corrected chi connectivity index (χ2v) is 5.22. The zero-order chi connectivity index (χ0) is 15.2. The zero-order valence-electron chi connectivity index (χ0n) is 11.9. The van der Waals surface area contributed by atoms with Gasteiger partial charge < -0.3 is 15.4 Å². The Bertz CT molecular complexity index is 476. The second kappa shape index (κ2) is 7.36. The molecule has 1 aromatic rings. The van der Waals surface area contributed by atoms with Crippen LogP contribution in [-0.2, 0) is 4.79 Å². The van der Waals surface area contributed by atoms with Crippen LogP contribution in [0.4, 0.5) is 8.78 Å². The van der Waals surface area contributed by atoms with Crippen LogP contribution in [0.3, 0.4) is 0 Å². The first-order valence-corrected chi connectivity index (χ1v) is 7.12. The van der Waals surface area contributed by atoms with Gasteiger partial charge in [0.05, 0.1) is 12.0 Å². The van der Waals surface area contributed by atoms with Crippen LogP contribution in [0.5, 0.6) is 5.75 Å². The van der Waals surface area contributed by atoms with Crippen molar-refractivity contribution in [1.82, 2.24) is 10.6 Å². The Hall–Kier alpha value is -1.69. The first kappa shape index (κ1) is 15.7. The maximum Gasteiger partial charge on any atom is 0.387 e. The van der Waals surface area contributed by atoms with Gasteiger partial charge in [0.2, 0.25) is 5.91 Å². The smallest absolute Gasteiger partial charge is 0.387 e. The van der Waals surface area contributed by atoms with Crippen LogP contribution in [0, 0.1) is 5.92 Å². The lowest BCUT2D eigenvalue weighted by molar-refractivity contribution is -0.126. The van der Waals surface area contributed by atoms with Gasteiger partial charge in [0.25, 0.3) is 0 Å². The molecule has 21 heavy (non-hydrogen) atoms. The molecular weight excluding hydrogens is 278 g/mol. The predicted octanol–water partition coefficient (Wildman–Crippen LogP) is 2.46. The topological polar surface area (TPSA) is 50.4 Å². The van der Waals surface area contributed by atoms with E-state index in [9.17, 15) is 13.6 Å². The number of nitrogens with one attached hydrogen (secondary N) is 2. The van der Waals surface area contributed by atoms with Crippen LogP contribution in [0.2, 0.25) is 0 Å². The van der Waals surface area contributed by atoms with Crippen molar-refractivity contribution in [2.75, 3.05) is 13.1 Å². The molecule has 2 N–H and O–H groups in total. The number of alkyl halides is 2. The Morgan fingerprint density at radius 1 is 1.48 bits per heavy atom. The van der Waals surface area contributed by atoms with Gasteiger partial charge in [-0.05, 0) is 44.0 Å². The molecule has 1 amide bonds. The predicted molar refractivity (Wildman–Crippen MR) is 75.2 cm³/mol. The summed E-state index contributed by atoms with van der Waals surface area (Å²) in [4.78, 5) is 12.1. The number of ether oxygens (including phenoxy) is 1. The molecule has 2 rings (SSSR count). The normalized spacial score (nSPS) is 20.1. The van der Waals surface area contributed by atoms with Crippen LogP contribution in [0.25, 0.3) is 0 Å². The molecule has 6 heteroatoms. The zero-order valence-corrected chi connectivity index (χ0v) is 11.9.